The van der Waals surface area contributed by atoms with E-state index in [1.165, 1.54) is 0 Å². The molecule has 142 valence electrons. The monoisotopic (exact) mass is 377 g/mol. The number of rotatable bonds is 7. The minimum Gasteiger partial charge on any atom is -0.496 e. The van der Waals surface area contributed by atoms with E-state index in [9.17, 15) is 4.79 Å². The standard InChI is InChI=1S/C19H19N7O2/c1-28-14-8-3-2-7-13(14)18-21-19(25-24-18)20-17(27)11-6-10-16-23-22-15-9-4-5-12-26(15)16/h2-5,7-9,12H,6,10-11H2,1H3,(H2,20,21,24,25,27). The van der Waals surface area contributed by atoms with Gasteiger partial charge in [-0.25, -0.2) is 0 Å². The molecule has 0 aliphatic rings. The van der Waals surface area contributed by atoms with E-state index >= 15 is 0 Å². The maximum Gasteiger partial charge on any atom is 0.249 e. The third kappa shape index (κ3) is 3.68. The molecule has 0 aliphatic carbocycles. The molecule has 0 radical (unpaired) electrons. The highest BCUT2D eigenvalue weighted by Crippen LogP contribution is 2.27. The van der Waals surface area contributed by atoms with E-state index in [-0.39, 0.29) is 11.9 Å². The molecule has 9 heteroatoms. The zero-order valence-corrected chi connectivity index (χ0v) is 15.3. The average molecular weight is 377 g/mol. The Morgan fingerprint density at radius 2 is 2.04 bits per heavy atom. The highest BCUT2D eigenvalue weighted by molar-refractivity contribution is 5.89. The number of nitrogens with zero attached hydrogens (tertiary/aromatic N) is 5. The number of amides is 1. The number of hydrogen-bond donors (Lipinski definition) is 2. The molecule has 0 unspecified atom stereocenters. The Bertz CT molecular complexity index is 1100. The van der Waals surface area contributed by atoms with E-state index in [0.29, 0.717) is 30.8 Å². The van der Waals surface area contributed by atoms with Crippen LogP contribution in [-0.2, 0) is 11.2 Å². The van der Waals surface area contributed by atoms with Crippen LogP contribution < -0.4 is 10.1 Å². The molecular formula is C19H19N7O2. The van der Waals surface area contributed by atoms with Crippen LogP contribution in [-0.4, -0.2) is 42.8 Å². The number of carbonyl (C=O) groups is 1. The van der Waals surface area contributed by atoms with Gasteiger partial charge in [0.05, 0.1) is 12.7 Å². The van der Waals surface area contributed by atoms with E-state index < -0.39 is 0 Å². The highest BCUT2D eigenvalue weighted by Gasteiger charge is 2.12. The number of nitrogens with one attached hydrogen (secondary N) is 2. The van der Waals surface area contributed by atoms with Gasteiger partial charge in [-0.1, -0.05) is 18.2 Å². The number of pyridine rings is 1. The molecule has 0 saturated carbocycles. The fourth-order valence-corrected chi connectivity index (χ4v) is 2.93. The molecule has 1 amide bonds. The van der Waals surface area contributed by atoms with Crippen molar-refractivity contribution >= 4 is 17.5 Å². The molecule has 0 saturated heterocycles. The summed E-state index contributed by atoms with van der Waals surface area (Å²) >= 11 is 0. The number of para-hydroxylation sites is 1. The minimum absolute atomic E-state index is 0.153. The van der Waals surface area contributed by atoms with Crippen molar-refractivity contribution in [2.75, 3.05) is 12.4 Å². The van der Waals surface area contributed by atoms with Crippen LogP contribution in [0.5, 0.6) is 5.75 Å². The van der Waals surface area contributed by atoms with Gasteiger partial charge >= 0.3 is 0 Å². The largest absolute Gasteiger partial charge is 0.496 e. The minimum atomic E-state index is -0.153. The number of fused-ring (bicyclic) bond motifs is 1. The van der Waals surface area contributed by atoms with Crippen molar-refractivity contribution in [3.8, 4) is 17.1 Å². The third-order valence-corrected chi connectivity index (χ3v) is 4.29. The number of aromatic amines is 1. The maximum atomic E-state index is 12.2. The summed E-state index contributed by atoms with van der Waals surface area (Å²) in [6, 6.07) is 13.2. The first-order chi connectivity index (χ1) is 13.7. The van der Waals surface area contributed by atoms with Gasteiger partial charge < -0.3 is 4.74 Å². The predicted molar refractivity (Wildman–Crippen MR) is 103 cm³/mol. The van der Waals surface area contributed by atoms with Crippen molar-refractivity contribution < 1.29 is 9.53 Å². The van der Waals surface area contributed by atoms with Crippen LogP contribution in [0, 0.1) is 0 Å². The van der Waals surface area contributed by atoms with E-state index in [1.807, 2.05) is 53.1 Å². The molecule has 0 fully saturated rings. The number of carbonyl (C=O) groups excluding carboxylic acids is 1. The molecule has 28 heavy (non-hydrogen) atoms. The molecule has 9 nitrogen and oxygen atoms in total. The molecule has 4 rings (SSSR count). The summed E-state index contributed by atoms with van der Waals surface area (Å²) < 4.78 is 7.24. The molecule has 0 aliphatic heterocycles. The summed E-state index contributed by atoms with van der Waals surface area (Å²) in [6.45, 7) is 0. The Balaban J connectivity index is 1.34. The number of aryl methyl sites for hydroxylation is 1. The molecule has 4 aromatic rings. The Kier molecular flexibility index (Phi) is 4.96. The second kappa shape index (κ2) is 7.87. The number of H-pyrrole nitrogens is 1. The molecule has 3 heterocycles. The number of anilines is 1. The van der Waals surface area contributed by atoms with Gasteiger partial charge in [-0.15, -0.1) is 15.3 Å². The van der Waals surface area contributed by atoms with Crippen LogP contribution in [0.2, 0.25) is 0 Å². The number of hydrogen-bond acceptors (Lipinski definition) is 6. The quantitative estimate of drug-likeness (QED) is 0.512. The molecule has 2 N–H and O–H groups in total. The van der Waals surface area contributed by atoms with Crippen LogP contribution in [0.15, 0.2) is 48.7 Å². The van der Waals surface area contributed by atoms with Gasteiger partial charge in [0.15, 0.2) is 11.5 Å². The summed E-state index contributed by atoms with van der Waals surface area (Å²) in [4.78, 5) is 16.5. The van der Waals surface area contributed by atoms with E-state index in [0.717, 1.165) is 17.0 Å². The van der Waals surface area contributed by atoms with Gasteiger partial charge in [-0.05, 0) is 30.7 Å². The number of methoxy groups -OCH3 is 1. The van der Waals surface area contributed by atoms with Gasteiger partial charge in [-0.3, -0.25) is 19.6 Å². The van der Waals surface area contributed by atoms with Crippen molar-refractivity contribution in [1.29, 1.82) is 0 Å². The lowest BCUT2D eigenvalue weighted by Gasteiger charge is -2.04. The summed E-state index contributed by atoms with van der Waals surface area (Å²) in [5, 5.41) is 17.9. The summed E-state index contributed by atoms with van der Waals surface area (Å²) in [6.07, 6.45) is 3.54. The molecule has 1 aromatic carbocycles. The molecule has 0 atom stereocenters. The van der Waals surface area contributed by atoms with Gasteiger partial charge in [0.25, 0.3) is 0 Å². The Hall–Kier alpha value is -3.75. The Morgan fingerprint density at radius 1 is 1.18 bits per heavy atom. The van der Waals surface area contributed by atoms with Crippen molar-refractivity contribution in [3.63, 3.8) is 0 Å². The lowest BCUT2D eigenvalue weighted by molar-refractivity contribution is -0.116. The van der Waals surface area contributed by atoms with E-state index in [2.05, 4.69) is 30.7 Å². The SMILES string of the molecule is COc1ccccc1-c1nc(NC(=O)CCCc2nnc3ccccn23)n[nH]1. The lowest BCUT2D eigenvalue weighted by Crippen LogP contribution is -2.13. The fourth-order valence-electron chi connectivity index (χ4n) is 2.93. The summed E-state index contributed by atoms with van der Waals surface area (Å²) in [7, 11) is 1.59. The second-order valence-corrected chi connectivity index (χ2v) is 6.15. The topological polar surface area (TPSA) is 110 Å². The Morgan fingerprint density at radius 3 is 2.93 bits per heavy atom. The van der Waals surface area contributed by atoms with Gasteiger partial charge in [0.1, 0.15) is 11.6 Å². The summed E-state index contributed by atoms with van der Waals surface area (Å²) in [5.74, 6) is 2.12. The maximum absolute atomic E-state index is 12.2. The zero-order chi connectivity index (χ0) is 19.3. The highest BCUT2D eigenvalue weighted by atomic mass is 16.5. The summed E-state index contributed by atoms with van der Waals surface area (Å²) in [5.41, 5.74) is 1.57. The molecule has 0 bridgehead atoms. The normalized spacial score (nSPS) is 10.9. The number of ether oxygens (including phenoxy) is 1. The zero-order valence-electron chi connectivity index (χ0n) is 15.3. The van der Waals surface area contributed by atoms with Crippen molar-refractivity contribution in [2.24, 2.45) is 0 Å². The smallest absolute Gasteiger partial charge is 0.249 e. The predicted octanol–water partition coefficient (Wildman–Crippen LogP) is 2.48. The van der Waals surface area contributed by atoms with Crippen LogP contribution >= 0.6 is 0 Å². The lowest BCUT2D eigenvalue weighted by atomic mass is 10.2. The molecular weight excluding hydrogens is 358 g/mol. The van der Waals surface area contributed by atoms with Crippen molar-refractivity contribution in [2.45, 2.75) is 19.3 Å². The van der Waals surface area contributed by atoms with Crippen LogP contribution in [0.1, 0.15) is 18.7 Å². The first kappa shape index (κ1) is 17.7. The Labute approximate surface area is 160 Å². The van der Waals surface area contributed by atoms with Gasteiger partial charge in [0.2, 0.25) is 11.9 Å². The third-order valence-electron chi connectivity index (χ3n) is 4.29. The van der Waals surface area contributed by atoms with Gasteiger partial charge in [0, 0.05) is 19.0 Å². The van der Waals surface area contributed by atoms with Crippen LogP contribution in [0.4, 0.5) is 5.95 Å². The van der Waals surface area contributed by atoms with Crippen molar-refractivity contribution in [3.05, 3.63) is 54.5 Å². The van der Waals surface area contributed by atoms with Crippen LogP contribution in [0.25, 0.3) is 17.0 Å². The fraction of sp³-hybridized carbons (Fsp3) is 0.211. The average Bonchev–Trinajstić information content (AvgIpc) is 3.35. The van der Waals surface area contributed by atoms with Crippen LogP contribution in [0.3, 0.4) is 0 Å². The second-order valence-electron chi connectivity index (χ2n) is 6.15. The number of benzene rings is 1. The first-order valence-electron chi connectivity index (χ1n) is 8.89. The number of aromatic nitrogens is 6. The molecule has 0 spiro atoms. The van der Waals surface area contributed by atoms with Gasteiger partial charge in [-0.2, -0.15) is 4.98 Å². The van der Waals surface area contributed by atoms with E-state index in [4.69, 9.17) is 4.74 Å². The van der Waals surface area contributed by atoms with Crippen molar-refractivity contribution in [1.82, 2.24) is 29.8 Å². The first-order valence-corrected chi connectivity index (χ1v) is 8.89. The van der Waals surface area contributed by atoms with E-state index in [1.54, 1.807) is 7.11 Å². The molecule has 3 aromatic heterocycles.